The van der Waals surface area contributed by atoms with Crippen molar-refractivity contribution in [1.29, 1.82) is 0 Å². The fourth-order valence-corrected chi connectivity index (χ4v) is 0.493. The standard InChI is InChI=1S/C6H11NOS/c1-4-6(8)7-5(2)9-3/h4H2,1-3H3. The van der Waals surface area contributed by atoms with Crippen LogP contribution in [0.3, 0.4) is 0 Å². The molecule has 9 heavy (non-hydrogen) atoms. The molecule has 3 heteroatoms. The molecule has 0 spiro atoms. The van der Waals surface area contributed by atoms with Crippen molar-refractivity contribution in [2.45, 2.75) is 20.3 Å². The van der Waals surface area contributed by atoms with Gasteiger partial charge in [0, 0.05) is 6.42 Å². The van der Waals surface area contributed by atoms with Crippen molar-refractivity contribution in [1.82, 2.24) is 0 Å². The molecule has 0 fully saturated rings. The highest BCUT2D eigenvalue weighted by Gasteiger charge is 1.92. The van der Waals surface area contributed by atoms with Gasteiger partial charge in [0.2, 0.25) is 5.91 Å². The Labute approximate surface area is 59.7 Å². The molecule has 0 rings (SSSR count). The van der Waals surface area contributed by atoms with E-state index in [1.54, 1.807) is 6.92 Å². The predicted octanol–water partition coefficient (Wildman–Crippen LogP) is 1.70. The molecule has 0 aromatic carbocycles. The van der Waals surface area contributed by atoms with E-state index in [0.29, 0.717) is 6.42 Å². The quantitative estimate of drug-likeness (QED) is 0.415. The maximum atomic E-state index is 10.6. The highest BCUT2D eigenvalue weighted by Crippen LogP contribution is 1.97. The van der Waals surface area contributed by atoms with E-state index in [0.717, 1.165) is 5.04 Å². The van der Waals surface area contributed by atoms with Gasteiger partial charge in [-0.1, -0.05) is 6.92 Å². The van der Waals surface area contributed by atoms with Gasteiger partial charge in [0.1, 0.15) is 0 Å². The Kier molecular flexibility index (Phi) is 4.40. The first kappa shape index (κ1) is 8.69. The summed E-state index contributed by atoms with van der Waals surface area (Å²) in [5, 5.41) is 0.835. The van der Waals surface area contributed by atoms with E-state index in [1.807, 2.05) is 13.2 Å². The first-order valence-electron chi connectivity index (χ1n) is 2.82. The summed E-state index contributed by atoms with van der Waals surface area (Å²) in [7, 11) is 0. The first-order valence-corrected chi connectivity index (χ1v) is 4.05. The number of amides is 1. The second-order valence-corrected chi connectivity index (χ2v) is 2.58. The van der Waals surface area contributed by atoms with Crippen LogP contribution in [0, 0.1) is 0 Å². The molecular weight excluding hydrogens is 134 g/mol. The molecule has 1 amide bonds. The van der Waals surface area contributed by atoms with Crippen molar-refractivity contribution in [3.8, 4) is 0 Å². The van der Waals surface area contributed by atoms with Gasteiger partial charge < -0.3 is 0 Å². The van der Waals surface area contributed by atoms with E-state index in [4.69, 9.17) is 0 Å². The molecular formula is C6H11NOS. The van der Waals surface area contributed by atoms with Crippen molar-refractivity contribution >= 4 is 22.7 Å². The van der Waals surface area contributed by atoms with E-state index >= 15 is 0 Å². The largest absolute Gasteiger partial charge is 0.273 e. The lowest BCUT2D eigenvalue weighted by atomic mass is 10.5. The molecule has 0 N–H and O–H groups in total. The minimum atomic E-state index is -0.0400. The minimum Gasteiger partial charge on any atom is -0.273 e. The maximum absolute atomic E-state index is 10.6. The van der Waals surface area contributed by atoms with Crippen LogP contribution in [0.25, 0.3) is 0 Å². The molecule has 0 heterocycles. The zero-order valence-electron chi connectivity index (χ0n) is 5.97. The Hall–Kier alpha value is -0.310. The van der Waals surface area contributed by atoms with Gasteiger partial charge in [0.25, 0.3) is 0 Å². The molecule has 0 aromatic rings. The summed E-state index contributed by atoms with van der Waals surface area (Å²) in [4.78, 5) is 14.3. The van der Waals surface area contributed by atoms with E-state index in [-0.39, 0.29) is 5.91 Å². The van der Waals surface area contributed by atoms with Gasteiger partial charge in [0.05, 0.1) is 5.04 Å². The van der Waals surface area contributed by atoms with Crippen molar-refractivity contribution < 1.29 is 4.79 Å². The summed E-state index contributed by atoms with van der Waals surface area (Å²) in [5.74, 6) is -0.0400. The number of thioether (sulfide) groups is 1. The summed E-state index contributed by atoms with van der Waals surface area (Å²) in [5.41, 5.74) is 0. The van der Waals surface area contributed by atoms with Gasteiger partial charge in [-0.15, -0.1) is 11.8 Å². The molecule has 2 nitrogen and oxygen atoms in total. The van der Waals surface area contributed by atoms with Gasteiger partial charge in [-0.3, -0.25) is 4.79 Å². The summed E-state index contributed by atoms with van der Waals surface area (Å²) < 4.78 is 0. The third-order valence-electron chi connectivity index (χ3n) is 0.880. The molecule has 0 saturated heterocycles. The van der Waals surface area contributed by atoms with Gasteiger partial charge in [0.15, 0.2) is 0 Å². The topological polar surface area (TPSA) is 29.4 Å². The first-order chi connectivity index (χ1) is 4.20. The van der Waals surface area contributed by atoms with Gasteiger partial charge in [-0.05, 0) is 13.2 Å². The third-order valence-corrected chi connectivity index (χ3v) is 1.56. The Morgan fingerprint density at radius 3 is 2.56 bits per heavy atom. The van der Waals surface area contributed by atoms with Crippen molar-refractivity contribution in [2.24, 2.45) is 4.99 Å². The van der Waals surface area contributed by atoms with Crippen LogP contribution in [-0.4, -0.2) is 17.2 Å². The second kappa shape index (κ2) is 4.56. The van der Waals surface area contributed by atoms with E-state index in [9.17, 15) is 4.79 Å². The van der Waals surface area contributed by atoms with Crippen molar-refractivity contribution in [2.75, 3.05) is 6.26 Å². The third kappa shape index (κ3) is 4.21. The smallest absolute Gasteiger partial charge is 0.246 e. The summed E-state index contributed by atoms with van der Waals surface area (Å²) >= 11 is 1.50. The van der Waals surface area contributed by atoms with Crippen LogP contribution in [0.4, 0.5) is 0 Å². The van der Waals surface area contributed by atoms with E-state index in [2.05, 4.69) is 4.99 Å². The van der Waals surface area contributed by atoms with Crippen LogP contribution < -0.4 is 0 Å². The number of hydrogen-bond acceptors (Lipinski definition) is 2. The lowest BCUT2D eigenvalue weighted by Gasteiger charge is -1.90. The molecule has 0 bridgehead atoms. The normalized spacial score (nSPS) is 11.7. The second-order valence-electron chi connectivity index (χ2n) is 1.58. The number of nitrogens with zero attached hydrogens (tertiary/aromatic N) is 1. The molecule has 0 atom stereocenters. The lowest BCUT2D eigenvalue weighted by Crippen LogP contribution is -1.93. The van der Waals surface area contributed by atoms with Gasteiger partial charge in [-0.2, -0.15) is 0 Å². The lowest BCUT2D eigenvalue weighted by molar-refractivity contribution is -0.117. The minimum absolute atomic E-state index is 0.0400. The highest BCUT2D eigenvalue weighted by molar-refractivity contribution is 8.13. The average Bonchev–Trinajstić information content (AvgIpc) is 1.87. The Morgan fingerprint density at radius 1 is 1.67 bits per heavy atom. The van der Waals surface area contributed by atoms with Crippen LogP contribution in [-0.2, 0) is 4.79 Å². The maximum Gasteiger partial charge on any atom is 0.246 e. The molecule has 52 valence electrons. The average molecular weight is 145 g/mol. The number of carbonyl (C=O) groups is 1. The number of carbonyl (C=O) groups excluding carboxylic acids is 1. The molecule has 0 aliphatic rings. The van der Waals surface area contributed by atoms with Crippen LogP contribution in [0.15, 0.2) is 4.99 Å². The summed E-state index contributed by atoms with van der Waals surface area (Å²) in [6, 6.07) is 0. The Bertz CT molecular complexity index is 131. The van der Waals surface area contributed by atoms with Crippen molar-refractivity contribution in [3.63, 3.8) is 0 Å². The molecule has 0 radical (unpaired) electrons. The Morgan fingerprint density at radius 2 is 2.22 bits per heavy atom. The van der Waals surface area contributed by atoms with E-state index in [1.165, 1.54) is 11.8 Å². The molecule has 0 unspecified atom stereocenters. The predicted molar refractivity (Wildman–Crippen MR) is 41.9 cm³/mol. The molecule has 0 saturated carbocycles. The fraction of sp³-hybridized carbons (Fsp3) is 0.667. The Balaban J connectivity index is 3.79. The zero-order chi connectivity index (χ0) is 7.28. The molecule has 0 aromatic heterocycles. The zero-order valence-corrected chi connectivity index (χ0v) is 6.79. The number of rotatable bonds is 1. The molecule has 0 aliphatic heterocycles. The van der Waals surface area contributed by atoms with E-state index < -0.39 is 0 Å². The molecule has 0 aliphatic carbocycles. The fourth-order valence-electron chi connectivity index (χ4n) is 0.300. The number of aliphatic imine (C=N–C) groups is 1. The van der Waals surface area contributed by atoms with Crippen LogP contribution in [0.2, 0.25) is 0 Å². The van der Waals surface area contributed by atoms with Crippen LogP contribution >= 0.6 is 11.8 Å². The SMILES string of the molecule is CCC(=O)N=C(C)SC. The highest BCUT2D eigenvalue weighted by atomic mass is 32.2. The van der Waals surface area contributed by atoms with Gasteiger partial charge in [-0.25, -0.2) is 4.99 Å². The van der Waals surface area contributed by atoms with Gasteiger partial charge >= 0.3 is 0 Å². The summed E-state index contributed by atoms with van der Waals surface area (Å²) in [6.07, 6.45) is 2.40. The number of hydrogen-bond donors (Lipinski definition) is 0. The van der Waals surface area contributed by atoms with Crippen LogP contribution in [0.5, 0.6) is 0 Å². The summed E-state index contributed by atoms with van der Waals surface area (Å²) in [6.45, 7) is 3.64. The van der Waals surface area contributed by atoms with Crippen molar-refractivity contribution in [3.05, 3.63) is 0 Å². The monoisotopic (exact) mass is 145 g/mol. The van der Waals surface area contributed by atoms with Crippen LogP contribution in [0.1, 0.15) is 20.3 Å².